The zero-order chi connectivity index (χ0) is 13.5. The molecule has 0 fully saturated rings. The lowest BCUT2D eigenvalue weighted by Gasteiger charge is -2.13. The number of benzene rings is 1. The second kappa shape index (κ2) is 6.79. The van der Waals surface area contributed by atoms with E-state index in [2.05, 4.69) is 5.32 Å². The summed E-state index contributed by atoms with van der Waals surface area (Å²) < 4.78 is 0. The Morgan fingerprint density at radius 1 is 1.22 bits per heavy atom. The third-order valence-corrected chi connectivity index (χ3v) is 2.89. The van der Waals surface area contributed by atoms with Gasteiger partial charge in [0.05, 0.1) is 6.42 Å². The monoisotopic (exact) mass is 249 g/mol. The van der Waals surface area contributed by atoms with Gasteiger partial charge in [0.1, 0.15) is 6.04 Å². The van der Waals surface area contributed by atoms with Crippen molar-refractivity contribution >= 4 is 11.9 Å². The van der Waals surface area contributed by atoms with Crippen LogP contribution in [-0.4, -0.2) is 23.0 Å². The number of carboxylic acids is 1. The van der Waals surface area contributed by atoms with Crippen LogP contribution in [0.1, 0.15) is 31.4 Å². The Morgan fingerprint density at radius 3 is 2.33 bits per heavy atom. The molecule has 1 aromatic carbocycles. The van der Waals surface area contributed by atoms with Crippen molar-refractivity contribution in [3.8, 4) is 0 Å². The maximum Gasteiger partial charge on any atom is 0.326 e. The van der Waals surface area contributed by atoms with Gasteiger partial charge in [0.25, 0.3) is 0 Å². The summed E-state index contributed by atoms with van der Waals surface area (Å²) >= 11 is 0. The van der Waals surface area contributed by atoms with Crippen LogP contribution in [0.15, 0.2) is 24.3 Å². The Labute approximate surface area is 107 Å². The van der Waals surface area contributed by atoms with Crippen molar-refractivity contribution in [2.45, 2.75) is 39.2 Å². The summed E-state index contributed by atoms with van der Waals surface area (Å²) in [7, 11) is 0. The summed E-state index contributed by atoms with van der Waals surface area (Å²) in [5.41, 5.74) is 2.08. The van der Waals surface area contributed by atoms with Crippen molar-refractivity contribution in [2.75, 3.05) is 0 Å². The fraction of sp³-hybridized carbons (Fsp3) is 0.429. The molecule has 98 valence electrons. The number of nitrogens with one attached hydrogen (secondary N) is 1. The quantitative estimate of drug-likeness (QED) is 0.807. The van der Waals surface area contributed by atoms with Gasteiger partial charge >= 0.3 is 5.97 Å². The molecule has 18 heavy (non-hydrogen) atoms. The van der Waals surface area contributed by atoms with Gasteiger partial charge in [0, 0.05) is 0 Å². The van der Waals surface area contributed by atoms with Crippen molar-refractivity contribution in [3.05, 3.63) is 35.4 Å². The van der Waals surface area contributed by atoms with Crippen LogP contribution in [0.25, 0.3) is 0 Å². The summed E-state index contributed by atoms with van der Waals surface area (Å²) in [6, 6.07) is 6.91. The standard InChI is InChI=1S/C14H19NO3/c1-3-10-7-5-6-8-11(10)9-13(16)15-12(4-2)14(17)18/h5-8,12H,3-4,9H2,1-2H3,(H,15,16)(H,17,18). The molecule has 0 spiro atoms. The number of carboxylic acid groups (broad SMARTS) is 1. The molecular weight excluding hydrogens is 230 g/mol. The third kappa shape index (κ3) is 3.87. The van der Waals surface area contributed by atoms with Crippen molar-refractivity contribution in [2.24, 2.45) is 0 Å². The predicted octanol–water partition coefficient (Wildman–Crippen LogP) is 1.77. The van der Waals surface area contributed by atoms with Gasteiger partial charge in [-0.25, -0.2) is 4.79 Å². The van der Waals surface area contributed by atoms with E-state index >= 15 is 0 Å². The van der Waals surface area contributed by atoms with Crippen LogP contribution >= 0.6 is 0 Å². The minimum absolute atomic E-state index is 0.230. The topological polar surface area (TPSA) is 66.4 Å². The molecule has 0 aliphatic heterocycles. The van der Waals surface area contributed by atoms with Gasteiger partial charge in [0.15, 0.2) is 0 Å². The molecule has 0 bridgehead atoms. The molecule has 0 aliphatic rings. The fourth-order valence-electron chi connectivity index (χ4n) is 1.83. The fourth-order valence-corrected chi connectivity index (χ4v) is 1.83. The average Bonchev–Trinajstić information content (AvgIpc) is 2.36. The molecule has 1 aromatic rings. The maximum atomic E-state index is 11.8. The molecule has 1 atom stereocenters. The number of aliphatic carboxylic acids is 1. The molecule has 0 saturated heterocycles. The summed E-state index contributed by atoms with van der Waals surface area (Å²) in [6.07, 6.45) is 1.48. The van der Waals surface area contributed by atoms with Gasteiger partial charge in [0.2, 0.25) is 5.91 Å². The van der Waals surface area contributed by atoms with Gasteiger partial charge < -0.3 is 10.4 Å². The van der Waals surface area contributed by atoms with Crippen LogP contribution in [0.5, 0.6) is 0 Å². The molecule has 4 heteroatoms. The summed E-state index contributed by atoms with van der Waals surface area (Å²) in [6.45, 7) is 3.77. The lowest BCUT2D eigenvalue weighted by Crippen LogP contribution is -2.41. The van der Waals surface area contributed by atoms with Crippen LogP contribution in [0.2, 0.25) is 0 Å². The second-order valence-corrected chi connectivity index (χ2v) is 4.17. The van der Waals surface area contributed by atoms with Crippen molar-refractivity contribution in [1.29, 1.82) is 0 Å². The normalized spacial score (nSPS) is 11.9. The molecule has 0 heterocycles. The van der Waals surface area contributed by atoms with E-state index in [1.165, 1.54) is 0 Å². The summed E-state index contributed by atoms with van der Waals surface area (Å²) in [5, 5.41) is 11.4. The second-order valence-electron chi connectivity index (χ2n) is 4.17. The Bertz CT molecular complexity index is 429. The first-order valence-corrected chi connectivity index (χ1v) is 6.17. The Hall–Kier alpha value is -1.84. The molecule has 4 nitrogen and oxygen atoms in total. The number of carbonyl (C=O) groups is 2. The lowest BCUT2D eigenvalue weighted by molar-refractivity contribution is -0.141. The van der Waals surface area contributed by atoms with Crippen molar-refractivity contribution < 1.29 is 14.7 Å². The lowest BCUT2D eigenvalue weighted by atomic mass is 10.0. The van der Waals surface area contributed by atoms with Gasteiger partial charge in [-0.2, -0.15) is 0 Å². The highest BCUT2D eigenvalue weighted by molar-refractivity contribution is 5.84. The van der Waals surface area contributed by atoms with Crippen LogP contribution < -0.4 is 5.32 Å². The molecule has 0 saturated carbocycles. The van der Waals surface area contributed by atoms with E-state index in [4.69, 9.17) is 5.11 Å². The molecule has 1 amide bonds. The number of carbonyl (C=O) groups excluding carboxylic acids is 1. The zero-order valence-electron chi connectivity index (χ0n) is 10.8. The van der Waals surface area contributed by atoms with Crippen LogP contribution in [0.3, 0.4) is 0 Å². The summed E-state index contributed by atoms with van der Waals surface area (Å²) in [5.74, 6) is -1.24. The molecular formula is C14H19NO3. The van der Waals surface area contributed by atoms with Crippen molar-refractivity contribution in [1.82, 2.24) is 5.32 Å². The van der Waals surface area contributed by atoms with Crippen LogP contribution in [-0.2, 0) is 22.4 Å². The van der Waals surface area contributed by atoms with E-state index in [9.17, 15) is 9.59 Å². The minimum Gasteiger partial charge on any atom is -0.480 e. The van der Waals surface area contributed by atoms with Gasteiger partial charge in [-0.15, -0.1) is 0 Å². The highest BCUT2D eigenvalue weighted by atomic mass is 16.4. The third-order valence-electron chi connectivity index (χ3n) is 2.89. The Balaban J connectivity index is 2.67. The number of hydrogen-bond donors (Lipinski definition) is 2. The van der Waals surface area contributed by atoms with E-state index in [-0.39, 0.29) is 12.3 Å². The SMILES string of the molecule is CCc1ccccc1CC(=O)NC(CC)C(=O)O. The largest absolute Gasteiger partial charge is 0.480 e. The number of aryl methyl sites for hydroxylation is 1. The maximum absolute atomic E-state index is 11.8. The first-order valence-electron chi connectivity index (χ1n) is 6.17. The van der Waals surface area contributed by atoms with Crippen LogP contribution in [0, 0.1) is 0 Å². The number of rotatable bonds is 6. The van der Waals surface area contributed by atoms with Gasteiger partial charge in [-0.1, -0.05) is 38.1 Å². The number of amides is 1. The predicted molar refractivity (Wildman–Crippen MR) is 69.4 cm³/mol. The molecule has 1 unspecified atom stereocenters. The van der Waals surface area contributed by atoms with Gasteiger partial charge in [-0.05, 0) is 24.0 Å². The van der Waals surface area contributed by atoms with Crippen molar-refractivity contribution in [3.63, 3.8) is 0 Å². The Kier molecular flexibility index (Phi) is 5.36. The Morgan fingerprint density at radius 2 is 1.83 bits per heavy atom. The molecule has 1 rings (SSSR count). The molecule has 0 aromatic heterocycles. The molecule has 2 N–H and O–H groups in total. The van der Waals surface area contributed by atoms with E-state index in [0.717, 1.165) is 17.5 Å². The number of hydrogen-bond acceptors (Lipinski definition) is 2. The molecule has 0 radical (unpaired) electrons. The highest BCUT2D eigenvalue weighted by Gasteiger charge is 2.17. The smallest absolute Gasteiger partial charge is 0.326 e. The van der Waals surface area contributed by atoms with Crippen LogP contribution in [0.4, 0.5) is 0 Å². The van der Waals surface area contributed by atoms with E-state index < -0.39 is 12.0 Å². The van der Waals surface area contributed by atoms with E-state index in [0.29, 0.717) is 6.42 Å². The first-order chi connectivity index (χ1) is 8.58. The highest BCUT2D eigenvalue weighted by Crippen LogP contribution is 2.10. The minimum atomic E-state index is -0.991. The average molecular weight is 249 g/mol. The van der Waals surface area contributed by atoms with E-state index in [1.807, 2.05) is 31.2 Å². The molecule has 0 aliphatic carbocycles. The summed E-state index contributed by atoms with van der Waals surface area (Å²) in [4.78, 5) is 22.6. The zero-order valence-corrected chi connectivity index (χ0v) is 10.8. The van der Waals surface area contributed by atoms with Gasteiger partial charge in [-0.3, -0.25) is 4.79 Å². The van der Waals surface area contributed by atoms with E-state index in [1.54, 1.807) is 6.92 Å². The first kappa shape index (κ1) is 14.2.